The molecule has 1 unspecified atom stereocenters. The van der Waals surface area contributed by atoms with E-state index in [4.69, 9.17) is 0 Å². The highest BCUT2D eigenvalue weighted by Gasteiger charge is 2.19. The molecule has 1 aromatic rings. The molecule has 1 aromatic heterocycles. The summed E-state index contributed by atoms with van der Waals surface area (Å²) in [5, 5.41) is 3.47. The molecule has 0 aliphatic heterocycles. The van der Waals surface area contributed by atoms with Crippen LogP contribution in [0.1, 0.15) is 32.6 Å². The highest BCUT2D eigenvalue weighted by Crippen LogP contribution is 2.31. The minimum atomic E-state index is 0.540. The Morgan fingerprint density at radius 2 is 2.31 bits per heavy atom. The van der Waals surface area contributed by atoms with E-state index in [1.54, 1.807) is 11.8 Å². The largest absolute Gasteiger partial charge is 0.368 e. The van der Waals surface area contributed by atoms with Gasteiger partial charge < -0.3 is 5.32 Å². The van der Waals surface area contributed by atoms with Crippen LogP contribution < -0.4 is 5.32 Å². The van der Waals surface area contributed by atoms with Gasteiger partial charge in [-0.25, -0.2) is 4.98 Å². The van der Waals surface area contributed by atoms with Crippen molar-refractivity contribution in [3.05, 3.63) is 18.3 Å². The second kappa shape index (κ2) is 5.58. The number of pyridine rings is 1. The molecule has 3 heteroatoms. The van der Waals surface area contributed by atoms with E-state index in [9.17, 15) is 0 Å². The monoisotopic (exact) mass is 236 g/mol. The van der Waals surface area contributed by atoms with E-state index >= 15 is 0 Å². The van der Waals surface area contributed by atoms with E-state index in [1.165, 1.54) is 30.6 Å². The van der Waals surface area contributed by atoms with Crippen LogP contribution in [-0.4, -0.2) is 17.3 Å². The smallest absolute Gasteiger partial charge is 0.126 e. The summed E-state index contributed by atoms with van der Waals surface area (Å²) in [6.07, 6.45) is 9.56. The van der Waals surface area contributed by atoms with Crippen molar-refractivity contribution in [2.75, 3.05) is 11.6 Å². The Morgan fingerprint density at radius 1 is 1.50 bits per heavy atom. The number of hydrogen-bond donors (Lipinski definition) is 1. The molecule has 0 amide bonds. The van der Waals surface area contributed by atoms with Gasteiger partial charge in [0.25, 0.3) is 0 Å². The fraction of sp³-hybridized carbons (Fsp3) is 0.615. The van der Waals surface area contributed by atoms with Crippen LogP contribution in [0.2, 0.25) is 0 Å². The summed E-state index contributed by atoms with van der Waals surface area (Å²) in [5.41, 5.74) is 0. The Kier molecular flexibility index (Phi) is 4.10. The molecular formula is C13H20N2S. The van der Waals surface area contributed by atoms with Gasteiger partial charge in [-0.3, -0.25) is 0 Å². The number of anilines is 1. The predicted octanol–water partition coefficient (Wildman–Crippen LogP) is 3.79. The third-order valence-corrected chi connectivity index (χ3v) is 3.99. The molecule has 0 radical (unpaired) electrons. The second-order valence-corrected chi connectivity index (χ2v) is 5.54. The Morgan fingerprint density at radius 3 is 2.81 bits per heavy atom. The number of nitrogens with one attached hydrogen (secondary N) is 1. The summed E-state index contributed by atoms with van der Waals surface area (Å²) in [4.78, 5) is 5.63. The van der Waals surface area contributed by atoms with Crippen LogP contribution in [0.3, 0.4) is 0 Å². The van der Waals surface area contributed by atoms with Gasteiger partial charge in [0.15, 0.2) is 0 Å². The molecule has 0 bridgehead atoms. The molecule has 1 N–H and O–H groups in total. The van der Waals surface area contributed by atoms with Crippen molar-refractivity contribution in [2.24, 2.45) is 5.92 Å². The first-order valence-electron chi connectivity index (χ1n) is 6.04. The van der Waals surface area contributed by atoms with Gasteiger partial charge in [0.1, 0.15) is 5.82 Å². The second-order valence-electron chi connectivity index (χ2n) is 4.66. The van der Waals surface area contributed by atoms with E-state index in [1.807, 2.05) is 6.20 Å². The Bertz CT molecular complexity index is 319. The van der Waals surface area contributed by atoms with Gasteiger partial charge in [-0.2, -0.15) is 0 Å². The molecule has 16 heavy (non-hydrogen) atoms. The van der Waals surface area contributed by atoms with Gasteiger partial charge in [0.05, 0.1) is 0 Å². The zero-order valence-electron chi connectivity index (χ0n) is 10.1. The highest BCUT2D eigenvalue weighted by atomic mass is 32.2. The normalized spacial score (nSPS) is 17.9. The van der Waals surface area contributed by atoms with Crippen molar-refractivity contribution in [1.82, 2.24) is 4.98 Å². The molecule has 1 saturated carbocycles. The van der Waals surface area contributed by atoms with Crippen LogP contribution in [0.15, 0.2) is 23.2 Å². The van der Waals surface area contributed by atoms with Crippen molar-refractivity contribution in [1.29, 1.82) is 0 Å². The summed E-state index contributed by atoms with van der Waals surface area (Å²) in [5.74, 6) is 1.96. The fourth-order valence-corrected chi connectivity index (χ4v) is 2.49. The quantitative estimate of drug-likeness (QED) is 0.787. The number of nitrogens with zero attached hydrogens (tertiary/aromatic N) is 1. The number of hydrogen-bond acceptors (Lipinski definition) is 3. The van der Waals surface area contributed by atoms with Crippen LogP contribution in [0.4, 0.5) is 5.82 Å². The zero-order valence-corrected chi connectivity index (χ0v) is 10.9. The van der Waals surface area contributed by atoms with Crippen molar-refractivity contribution in [2.45, 2.75) is 43.5 Å². The number of aromatic nitrogens is 1. The van der Waals surface area contributed by atoms with Gasteiger partial charge in [-0.05, 0) is 37.7 Å². The van der Waals surface area contributed by atoms with Crippen LogP contribution in [0.5, 0.6) is 0 Å². The first kappa shape index (κ1) is 11.8. The number of thioether (sulfide) groups is 1. The molecule has 88 valence electrons. The van der Waals surface area contributed by atoms with Gasteiger partial charge in [0.2, 0.25) is 0 Å². The molecule has 1 aliphatic carbocycles. The van der Waals surface area contributed by atoms with E-state index in [-0.39, 0.29) is 0 Å². The van der Waals surface area contributed by atoms with E-state index in [2.05, 4.69) is 35.6 Å². The summed E-state index contributed by atoms with van der Waals surface area (Å²) in [6, 6.07) is 4.73. The minimum Gasteiger partial charge on any atom is -0.368 e. The zero-order chi connectivity index (χ0) is 11.4. The number of rotatable bonds is 5. The SMILES string of the molecule is CSc1ccc(NC(C)CC2CCC2)nc1. The van der Waals surface area contributed by atoms with Crippen LogP contribution in [-0.2, 0) is 0 Å². The Hall–Kier alpha value is -0.700. The average molecular weight is 236 g/mol. The molecule has 1 atom stereocenters. The molecule has 1 aliphatic rings. The van der Waals surface area contributed by atoms with E-state index in [0.29, 0.717) is 6.04 Å². The molecule has 1 heterocycles. The van der Waals surface area contributed by atoms with Gasteiger partial charge >= 0.3 is 0 Å². The lowest BCUT2D eigenvalue weighted by atomic mass is 9.81. The third-order valence-electron chi connectivity index (χ3n) is 3.28. The predicted molar refractivity (Wildman–Crippen MR) is 71.1 cm³/mol. The molecule has 2 rings (SSSR count). The first-order chi connectivity index (χ1) is 7.78. The third kappa shape index (κ3) is 3.14. The average Bonchev–Trinajstić information content (AvgIpc) is 2.25. The van der Waals surface area contributed by atoms with E-state index in [0.717, 1.165) is 11.7 Å². The lowest BCUT2D eigenvalue weighted by Crippen LogP contribution is -2.23. The van der Waals surface area contributed by atoms with Crippen LogP contribution in [0, 0.1) is 5.92 Å². The first-order valence-corrected chi connectivity index (χ1v) is 7.27. The summed E-state index contributed by atoms with van der Waals surface area (Å²) in [7, 11) is 0. The van der Waals surface area contributed by atoms with Gasteiger partial charge in [-0.15, -0.1) is 11.8 Å². The lowest BCUT2D eigenvalue weighted by molar-refractivity contribution is 0.285. The van der Waals surface area contributed by atoms with E-state index < -0.39 is 0 Å². The fourth-order valence-electron chi connectivity index (χ4n) is 2.13. The highest BCUT2D eigenvalue weighted by molar-refractivity contribution is 7.98. The summed E-state index contributed by atoms with van der Waals surface area (Å²) < 4.78 is 0. The van der Waals surface area contributed by atoms with Crippen LogP contribution in [0.25, 0.3) is 0 Å². The standard InChI is InChI=1S/C13H20N2S/c1-10(8-11-4-3-5-11)15-13-7-6-12(16-2)9-14-13/h6-7,9-11H,3-5,8H2,1-2H3,(H,14,15). The molecule has 0 aromatic carbocycles. The Labute approximate surface area is 102 Å². The maximum Gasteiger partial charge on any atom is 0.126 e. The van der Waals surface area contributed by atoms with Gasteiger partial charge in [0, 0.05) is 17.1 Å². The lowest BCUT2D eigenvalue weighted by Gasteiger charge is -2.28. The summed E-state index contributed by atoms with van der Waals surface area (Å²) >= 11 is 1.73. The van der Waals surface area contributed by atoms with Crippen LogP contribution >= 0.6 is 11.8 Å². The summed E-state index contributed by atoms with van der Waals surface area (Å²) in [6.45, 7) is 2.25. The maximum absolute atomic E-state index is 4.41. The minimum absolute atomic E-state index is 0.540. The molecular weight excluding hydrogens is 216 g/mol. The van der Waals surface area contributed by atoms with Crippen molar-refractivity contribution < 1.29 is 0 Å². The molecule has 2 nitrogen and oxygen atoms in total. The van der Waals surface area contributed by atoms with Crippen molar-refractivity contribution in [3.63, 3.8) is 0 Å². The maximum atomic E-state index is 4.41. The Balaban J connectivity index is 1.82. The molecule has 1 fully saturated rings. The topological polar surface area (TPSA) is 24.9 Å². The van der Waals surface area contributed by atoms with Gasteiger partial charge in [-0.1, -0.05) is 19.3 Å². The molecule has 0 saturated heterocycles. The molecule has 0 spiro atoms. The van der Waals surface area contributed by atoms with Crippen molar-refractivity contribution >= 4 is 17.6 Å². The van der Waals surface area contributed by atoms with Crippen molar-refractivity contribution in [3.8, 4) is 0 Å².